The fourth-order valence-corrected chi connectivity index (χ4v) is 3.37. The second-order valence-corrected chi connectivity index (χ2v) is 7.43. The Bertz CT molecular complexity index is 819. The van der Waals surface area contributed by atoms with Crippen LogP contribution in [0.3, 0.4) is 0 Å². The molecular weight excluding hydrogens is 479 g/mol. The molecule has 1 aromatic carbocycles. The first-order valence-electron chi connectivity index (χ1n) is 9.88. The lowest BCUT2D eigenvalue weighted by molar-refractivity contribution is -0.00805. The minimum absolute atomic E-state index is 0. The molecule has 0 spiro atoms. The van der Waals surface area contributed by atoms with Gasteiger partial charge in [0.1, 0.15) is 6.10 Å². The Kier molecular flexibility index (Phi) is 8.76. The van der Waals surface area contributed by atoms with Gasteiger partial charge in [-0.1, -0.05) is 6.07 Å². The van der Waals surface area contributed by atoms with Crippen LogP contribution in [-0.2, 0) is 18.3 Å². The molecule has 0 aliphatic carbocycles. The topological polar surface area (TPSA) is 57.9 Å². The van der Waals surface area contributed by atoms with Crippen LogP contribution in [-0.4, -0.2) is 61.0 Å². The normalized spacial score (nSPS) is 17.1. The number of hydrogen-bond donors (Lipinski definition) is 1. The first-order chi connectivity index (χ1) is 13.5. The number of nitrogens with one attached hydrogen (secondary N) is 1. The van der Waals surface area contributed by atoms with E-state index in [9.17, 15) is 0 Å². The molecular formula is C21H33IN6O. The van der Waals surface area contributed by atoms with E-state index in [1.807, 2.05) is 24.1 Å². The third-order valence-corrected chi connectivity index (χ3v) is 5.04. The summed E-state index contributed by atoms with van der Waals surface area (Å²) in [6.45, 7) is 8.05. The summed E-state index contributed by atoms with van der Waals surface area (Å²) in [7, 11) is 6.06. The van der Waals surface area contributed by atoms with Crippen molar-refractivity contribution >= 4 is 35.6 Å². The Labute approximate surface area is 191 Å². The summed E-state index contributed by atoms with van der Waals surface area (Å²) in [5.74, 6) is 0.941. The Morgan fingerprint density at radius 3 is 2.79 bits per heavy atom. The van der Waals surface area contributed by atoms with Crippen molar-refractivity contribution in [2.24, 2.45) is 12.0 Å². The third kappa shape index (κ3) is 6.08. The molecule has 1 aromatic heterocycles. The van der Waals surface area contributed by atoms with Crippen molar-refractivity contribution in [3.63, 3.8) is 0 Å². The monoisotopic (exact) mass is 512 g/mol. The van der Waals surface area contributed by atoms with Crippen LogP contribution in [0, 0.1) is 6.92 Å². The zero-order valence-corrected chi connectivity index (χ0v) is 20.4. The van der Waals surface area contributed by atoms with Gasteiger partial charge in [-0.25, -0.2) is 4.99 Å². The average Bonchev–Trinajstić information content (AvgIpc) is 3.12. The van der Waals surface area contributed by atoms with E-state index in [4.69, 9.17) is 9.73 Å². The second-order valence-electron chi connectivity index (χ2n) is 7.43. The van der Waals surface area contributed by atoms with Gasteiger partial charge in [-0.3, -0.25) is 4.68 Å². The molecule has 0 saturated carbocycles. The van der Waals surface area contributed by atoms with Gasteiger partial charge in [-0.15, -0.1) is 24.0 Å². The van der Waals surface area contributed by atoms with E-state index in [1.54, 1.807) is 0 Å². The van der Waals surface area contributed by atoms with Gasteiger partial charge in [0, 0.05) is 51.7 Å². The summed E-state index contributed by atoms with van der Waals surface area (Å²) >= 11 is 0. The molecule has 29 heavy (non-hydrogen) atoms. The van der Waals surface area contributed by atoms with E-state index in [0.717, 1.165) is 31.2 Å². The van der Waals surface area contributed by atoms with Gasteiger partial charge >= 0.3 is 0 Å². The predicted molar refractivity (Wildman–Crippen MR) is 129 cm³/mol. The van der Waals surface area contributed by atoms with Crippen LogP contribution in [0.1, 0.15) is 29.7 Å². The molecule has 1 aliphatic rings. The maximum atomic E-state index is 5.97. The SMILES string of the molecule is CCNC(=NCc1ccc(N(C)C)cc1C)N1CCOC(c2cnn(C)c2)C1.I. The maximum absolute atomic E-state index is 5.97. The van der Waals surface area contributed by atoms with Crippen LogP contribution >= 0.6 is 24.0 Å². The first-order valence-corrected chi connectivity index (χ1v) is 9.88. The molecule has 0 radical (unpaired) electrons. The number of ether oxygens (including phenoxy) is 1. The van der Waals surface area contributed by atoms with Crippen LogP contribution in [0.2, 0.25) is 0 Å². The summed E-state index contributed by atoms with van der Waals surface area (Å²) in [6, 6.07) is 6.54. The summed E-state index contributed by atoms with van der Waals surface area (Å²) in [4.78, 5) is 9.32. The molecule has 3 rings (SSSR count). The van der Waals surface area contributed by atoms with Gasteiger partial charge in [0.05, 0.1) is 25.9 Å². The molecule has 1 N–H and O–H groups in total. The highest BCUT2D eigenvalue weighted by molar-refractivity contribution is 14.0. The summed E-state index contributed by atoms with van der Waals surface area (Å²) in [6.07, 6.45) is 3.93. The first kappa shape index (κ1) is 23.5. The highest BCUT2D eigenvalue weighted by Crippen LogP contribution is 2.22. The maximum Gasteiger partial charge on any atom is 0.194 e. The van der Waals surface area contributed by atoms with Crippen molar-refractivity contribution in [1.82, 2.24) is 20.0 Å². The van der Waals surface area contributed by atoms with Crippen molar-refractivity contribution in [3.05, 3.63) is 47.3 Å². The lowest BCUT2D eigenvalue weighted by atomic mass is 10.1. The van der Waals surface area contributed by atoms with Gasteiger partial charge in [-0.05, 0) is 37.1 Å². The molecule has 2 aromatic rings. The Morgan fingerprint density at radius 1 is 1.38 bits per heavy atom. The molecule has 8 heteroatoms. The van der Waals surface area contributed by atoms with Crippen LogP contribution in [0.25, 0.3) is 0 Å². The molecule has 2 heterocycles. The van der Waals surface area contributed by atoms with Gasteiger partial charge in [-0.2, -0.15) is 5.10 Å². The molecule has 0 amide bonds. The number of morpholine rings is 1. The number of benzene rings is 1. The van der Waals surface area contributed by atoms with Crippen LogP contribution < -0.4 is 10.2 Å². The number of nitrogens with zero attached hydrogens (tertiary/aromatic N) is 5. The lowest BCUT2D eigenvalue weighted by Crippen LogP contribution is -2.48. The summed E-state index contributed by atoms with van der Waals surface area (Å²) in [5, 5.41) is 7.71. The van der Waals surface area contributed by atoms with Crippen molar-refractivity contribution in [3.8, 4) is 0 Å². The van der Waals surface area contributed by atoms with Crippen LogP contribution in [0.4, 0.5) is 5.69 Å². The van der Waals surface area contributed by atoms with E-state index in [2.05, 4.69) is 66.4 Å². The lowest BCUT2D eigenvalue weighted by Gasteiger charge is -2.34. The third-order valence-electron chi connectivity index (χ3n) is 5.04. The van der Waals surface area contributed by atoms with E-state index < -0.39 is 0 Å². The molecule has 1 fully saturated rings. The van der Waals surface area contributed by atoms with E-state index in [-0.39, 0.29) is 30.1 Å². The molecule has 0 bridgehead atoms. The predicted octanol–water partition coefficient (Wildman–Crippen LogP) is 2.95. The van der Waals surface area contributed by atoms with Crippen molar-refractivity contribution in [2.45, 2.75) is 26.5 Å². The fraction of sp³-hybridized carbons (Fsp3) is 0.524. The average molecular weight is 512 g/mol. The van der Waals surface area contributed by atoms with Crippen LogP contribution in [0.15, 0.2) is 35.6 Å². The summed E-state index contributed by atoms with van der Waals surface area (Å²) < 4.78 is 7.79. The van der Waals surface area contributed by atoms with E-state index >= 15 is 0 Å². The number of hydrogen-bond acceptors (Lipinski definition) is 4. The highest BCUT2D eigenvalue weighted by atomic mass is 127. The van der Waals surface area contributed by atoms with E-state index in [1.165, 1.54) is 16.8 Å². The summed E-state index contributed by atoms with van der Waals surface area (Å²) in [5.41, 5.74) is 4.84. The minimum atomic E-state index is 0. The highest BCUT2D eigenvalue weighted by Gasteiger charge is 2.25. The Morgan fingerprint density at radius 2 is 2.17 bits per heavy atom. The van der Waals surface area contributed by atoms with Gasteiger partial charge in [0.15, 0.2) is 5.96 Å². The number of aliphatic imine (C=N–C) groups is 1. The van der Waals surface area contributed by atoms with Gasteiger partial charge in [0.2, 0.25) is 0 Å². The van der Waals surface area contributed by atoms with Crippen LogP contribution in [0.5, 0.6) is 0 Å². The zero-order chi connectivity index (χ0) is 20.1. The Balaban J connectivity index is 0.00000300. The molecule has 1 aliphatic heterocycles. The second kappa shape index (κ2) is 10.8. The zero-order valence-electron chi connectivity index (χ0n) is 18.1. The minimum Gasteiger partial charge on any atom is -0.378 e. The number of rotatable bonds is 5. The molecule has 160 valence electrons. The number of aromatic nitrogens is 2. The molecule has 1 unspecified atom stereocenters. The largest absolute Gasteiger partial charge is 0.378 e. The van der Waals surface area contributed by atoms with Crippen molar-refractivity contribution in [1.29, 1.82) is 0 Å². The van der Waals surface area contributed by atoms with Crippen molar-refractivity contribution < 1.29 is 4.74 Å². The fourth-order valence-electron chi connectivity index (χ4n) is 3.37. The standard InChI is InChI=1S/C21H32N6O.HI/c1-6-22-21(23-12-17-7-8-19(25(3)4)11-16(17)2)27-9-10-28-20(15-27)18-13-24-26(5)14-18;/h7-8,11,13-14,20H,6,9-10,12,15H2,1-5H3,(H,22,23);1H. The number of guanidine groups is 1. The number of aryl methyl sites for hydroxylation is 2. The molecule has 7 nitrogen and oxygen atoms in total. The number of halogens is 1. The van der Waals surface area contributed by atoms with E-state index in [0.29, 0.717) is 13.2 Å². The quantitative estimate of drug-likeness (QED) is 0.380. The Hall–Kier alpha value is -1.81. The molecule has 1 atom stereocenters. The smallest absolute Gasteiger partial charge is 0.194 e. The number of anilines is 1. The van der Waals surface area contributed by atoms with Gasteiger partial charge in [0.25, 0.3) is 0 Å². The molecule has 1 saturated heterocycles. The van der Waals surface area contributed by atoms with Crippen molar-refractivity contribution in [2.75, 3.05) is 45.2 Å². The van der Waals surface area contributed by atoms with Gasteiger partial charge < -0.3 is 19.9 Å².